The van der Waals surface area contributed by atoms with Crippen LogP contribution < -0.4 is 4.90 Å². The van der Waals surface area contributed by atoms with E-state index in [4.69, 9.17) is 4.74 Å². The molecule has 0 spiro atoms. The highest BCUT2D eigenvalue weighted by Crippen LogP contribution is 2.21. The molecule has 0 aliphatic heterocycles. The van der Waals surface area contributed by atoms with Crippen LogP contribution in [0.4, 0.5) is 5.69 Å². The summed E-state index contributed by atoms with van der Waals surface area (Å²) in [6, 6.07) is 16.1. The average molecular weight is 477 g/mol. The normalized spacial score (nSPS) is 13.2. The van der Waals surface area contributed by atoms with Crippen LogP contribution in [0.1, 0.15) is 49.2 Å². The van der Waals surface area contributed by atoms with Gasteiger partial charge in [0.15, 0.2) is 5.78 Å². The van der Waals surface area contributed by atoms with Gasteiger partial charge in [0.1, 0.15) is 6.10 Å². The Kier molecular flexibility index (Phi) is 12.1. The van der Waals surface area contributed by atoms with Crippen molar-refractivity contribution < 1.29 is 14.6 Å². The summed E-state index contributed by atoms with van der Waals surface area (Å²) in [5, 5.41) is 10.6. The lowest BCUT2D eigenvalue weighted by Gasteiger charge is -2.32. The summed E-state index contributed by atoms with van der Waals surface area (Å²) in [7, 11) is 4.04. The molecule has 6 heteroatoms. The van der Waals surface area contributed by atoms with Gasteiger partial charge in [-0.3, -0.25) is 9.69 Å². The molecule has 0 radical (unpaired) electrons. The molecule has 5 nitrogen and oxygen atoms in total. The van der Waals surface area contributed by atoms with Crippen molar-refractivity contribution in [3.8, 4) is 0 Å². The lowest BCUT2D eigenvalue weighted by Crippen LogP contribution is -2.44. The first kappa shape index (κ1) is 29.1. The molecule has 0 saturated heterocycles. The molecule has 2 rings (SSSR count). The number of anilines is 1. The molecule has 0 amide bonds. The Bertz CT molecular complexity index is 848. The standard InChI is InChI=1S/C27H40N2O3.ClH/c1-19(2)29(20(3)4)17-24(30)18-32-26(27(31)23-11-9-8-10-12-23)16-22-13-14-25(28(6)7)21(5)15-22;/h8-15,19-20,24,26,30H,16-18H2,1-7H3;1H. The second-order valence-electron chi connectivity index (χ2n) is 9.31. The van der Waals surface area contributed by atoms with E-state index in [1.54, 1.807) is 0 Å². The van der Waals surface area contributed by atoms with Gasteiger partial charge in [-0.25, -0.2) is 0 Å². The maximum Gasteiger partial charge on any atom is 0.191 e. The fraction of sp³-hybridized carbons (Fsp3) is 0.519. The third-order valence-electron chi connectivity index (χ3n) is 5.75. The summed E-state index contributed by atoms with van der Waals surface area (Å²) < 4.78 is 6.07. The van der Waals surface area contributed by atoms with Crippen molar-refractivity contribution in [1.29, 1.82) is 0 Å². The molecule has 0 aromatic heterocycles. The van der Waals surface area contributed by atoms with Gasteiger partial charge in [-0.05, 0) is 51.8 Å². The van der Waals surface area contributed by atoms with Crippen molar-refractivity contribution in [3.05, 3.63) is 65.2 Å². The minimum Gasteiger partial charge on any atom is -0.389 e. The van der Waals surface area contributed by atoms with Crippen LogP contribution in [0.5, 0.6) is 0 Å². The average Bonchev–Trinajstić information content (AvgIpc) is 2.74. The van der Waals surface area contributed by atoms with Crippen molar-refractivity contribution in [2.24, 2.45) is 0 Å². The van der Waals surface area contributed by atoms with Crippen molar-refractivity contribution >= 4 is 23.9 Å². The van der Waals surface area contributed by atoms with Crippen LogP contribution in [-0.4, -0.2) is 67.3 Å². The van der Waals surface area contributed by atoms with E-state index >= 15 is 0 Å². The Hall–Kier alpha value is -1.92. The smallest absolute Gasteiger partial charge is 0.191 e. The molecular formula is C27H41ClN2O3. The zero-order valence-corrected chi connectivity index (χ0v) is 21.9. The van der Waals surface area contributed by atoms with Crippen LogP contribution in [0, 0.1) is 6.92 Å². The van der Waals surface area contributed by atoms with Gasteiger partial charge in [-0.15, -0.1) is 12.4 Å². The molecule has 0 heterocycles. The lowest BCUT2D eigenvalue weighted by molar-refractivity contribution is -0.0207. The Labute approximate surface area is 206 Å². The van der Waals surface area contributed by atoms with Crippen molar-refractivity contribution in [2.45, 2.75) is 65.3 Å². The van der Waals surface area contributed by atoms with E-state index in [-0.39, 0.29) is 24.8 Å². The number of aliphatic hydroxyl groups excluding tert-OH is 1. The first-order valence-electron chi connectivity index (χ1n) is 11.5. The number of hydrogen-bond donors (Lipinski definition) is 1. The summed E-state index contributed by atoms with van der Waals surface area (Å²) in [6.07, 6.45) is -0.848. The monoisotopic (exact) mass is 476 g/mol. The van der Waals surface area contributed by atoms with E-state index in [0.717, 1.165) is 16.8 Å². The number of aryl methyl sites for hydroxylation is 1. The van der Waals surface area contributed by atoms with Crippen LogP contribution in [0.3, 0.4) is 0 Å². The minimum absolute atomic E-state index is 0. The molecule has 0 fully saturated rings. The Morgan fingerprint density at radius 2 is 1.61 bits per heavy atom. The number of ether oxygens (including phenoxy) is 1. The van der Waals surface area contributed by atoms with Gasteiger partial charge in [0.05, 0.1) is 12.7 Å². The number of benzene rings is 2. The van der Waals surface area contributed by atoms with E-state index in [1.807, 2.05) is 50.5 Å². The van der Waals surface area contributed by atoms with Crippen molar-refractivity contribution in [3.63, 3.8) is 0 Å². The van der Waals surface area contributed by atoms with Crippen molar-refractivity contribution in [1.82, 2.24) is 4.90 Å². The highest BCUT2D eigenvalue weighted by Gasteiger charge is 2.24. The van der Waals surface area contributed by atoms with E-state index in [2.05, 4.69) is 56.6 Å². The molecule has 2 aromatic carbocycles. The number of ketones is 1. The second kappa shape index (κ2) is 13.7. The SMILES string of the molecule is Cc1cc(CC(OCC(O)CN(C(C)C)C(C)C)C(=O)c2ccccc2)ccc1N(C)C.Cl. The van der Waals surface area contributed by atoms with E-state index in [1.165, 1.54) is 0 Å². The highest BCUT2D eigenvalue weighted by atomic mass is 35.5. The zero-order chi connectivity index (χ0) is 23.8. The van der Waals surface area contributed by atoms with E-state index in [0.29, 0.717) is 30.6 Å². The predicted octanol–water partition coefficient (Wildman–Crippen LogP) is 4.77. The summed E-state index contributed by atoms with van der Waals surface area (Å²) in [6.45, 7) is 11.2. The molecule has 0 saturated carbocycles. The molecule has 0 aliphatic rings. The first-order chi connectivity index (χ1) is 15.1. The fourth-order valence-corrected chi connectivity index (χ4v) is 4.12. The van der Waals surface area contributed by atoms with Gasteiger partial charge in [-0.1, -0.05) is 42.5 Å². The second-order valence-corrected chi connectivity index (χ2v) is 9.31. The summed E-state index contributed by atoms with van der Waals surface area (Å²) in [5.41, 5.74) is 3.98. The zero-order valence-electron chi connectivity index (χ0n) is 21.1. The number of nitrogens with zero attached hydrogens (tertiary/aromatic N) is 2. The summed E-state index contributed by atoms with van der Waals surface area (Å²) in [5.74, 6) is -0.0586. The number of halogens is 1. The molecular weight excluding hydrogens is 436 g/mol. The highest BCUT2D eigenvalue weighted by molar-refractivity contribution is 5.99. The Balaban J connectivity index is 0.00000544. The Morgan fingerprint density at radius 3 is 2.12 bits per heavy atom. The van der Waals surface area contributed by atoms with Gasteiger partial charge in [0, 0.05) is 50.4 Å². The minimum atomic E-state index is -0.663. The third kappa shape index (κ3) is 8.74. The first-order valence-corrected chi connectivity index (χ1v) is 11.5. The van der Waals surface area contributed by atoms with Crippen LogP contribution in [0.2, 0.25) is 0 Å². The molecule has 184 valence electrons. The number of carbonyl (C=O) groups excluding carboxylic acids is 1. The topological polar surface area (TPSA) is 53.0 Å². The molecule has 1 N–H and O–H groups in total. The molecule has 2 aromatic rings. The predicted molar refractivity (Wildman–Crippen MR) is 140 cm³/mol. The van der Waals surface area contributed by atoms with Gasteiger partial charge in [0.25, 0.3) is 0 Å². The van der Waals surface area contributed by atoms with Crippen LogP contribution >= 0.6 is 12.4 Å². The van der Waals surface area contributed by atoms with E-state index in [9.17, 15) is 9.90 Å². The van der Waals surface area contributed by atoms with Crippen LogP contribution in [0.25, 0.3) is 0 Å². The molecule has 2 unspecified atom stereocenters. The van der Waals surface area contributed by atoms with Gasteiger partial charge >= 0.3 is 0 Å². The van der Waals surface area contributed by atoms with Crippen molar-refractivity contribution in [2.75, 3.05) is 32.1 Å². The molecule has 0 bridgehead atoms. The molecule has 2 atom stereocenters. The Morgan fingerprint density at radius 1 is 1.00 bits per heavy atom. The number of aliphatic hydroxyl groups is 1. The maximum atomic E-state index is 13.2. The third-order valence-corrected chi connectivity index (χ3v) is 5.75. The molecule has 0 aliphatic carbocycles. The maximum absolute atomic E-state index is 13.2. The number of carbonyl (C=O) groups is 1. The summed E-state index contributed by atoms with van der Waals surface area (Å²) >= 11 is 0. The quantitative estimate of drug-likeness (QED) is 0.447. The fourth-order valence-electron chi connectivity index (χ4n) is 4.12. The number of rotatable bonds is 12. The number of Topliss-reactive ketones (excluding diaryl/α,β-unsaturated/α-hetero) is 1. The van der Waals surface area contributed by atoms with Crippen LogP contribution in [-0.2, 0) is 11.2 Å². The van der Waals surface area contributed by atoms with Gasteiger partial charge in [-0.2, -0.15) is 0 Å². The number of hydrogen-bond acceptors (Lipinski definition) is 5. The van der Waals surface area contributed by atoms with Gasteiger partial charge < -0.3 is 14.7 Å². The van der Waals surface area contributed by atoms with Crippen LogP contribution in [0.15, 0.2) is 48.5 Å². The largest absolute Gasteiger partial charge is 0.389 e. The van der Waals surface area contributed by atoms with Gasteiger partial charge in [0.2, 0.25) is 0 Å². The van der Waals surface area contributed by atoms with E-state index < -0.39 is 12.2 Å². The lowest BCUT2D eigenvalue weighted by atomic mass is 9.98. The molecule has 33 heavy (non-hydrogen) atoms. The summed E-state index contributed by atoms with van der Waals surface area (Å²) in [4.78, 5) is 17.5.